The fourth-order valence-corrected chi connectivity index (χ4v) is 1.92. The summed E-state index contributed by atoms with van der Waals surface area (Å²) in [6.45, 7) is 7.69. The standard InChI is InChI=1S/C14H18N2O/c1-4-16-12(3)15-9-13(16)10-17-14-7-5-6-11(2)8-14/h5-9H,4,10H2,1-3H3. The molecule has 1 heterocycles. The molecule has 0 aliphatic heterocycles. The second kappa shape index (κ2) is 5.04. The van der Waals surface area contributed by atoms with Crippen LogP contribution in [0.4, 0.5) is 0 Å². The molecule has 0 amide bonds. The van der Waals surface area contributed by atoms with E-state index in [1.54, 1.807) is 0 Å². The summed E-state index contributed by atoms with van der Waals surface area (Å²) in [4.78, 5) is 4.30. The average Bonchev–Trinajstić information content (AvgIpc) is 2.67. The minimum absolute atomic E-state index is 0.568. The first kappa shape index (κ1) is 11.7. The van der Waals surface area contributed by atoms with E-state index in [4.69, 9.17) is 4.74 Å². The van der Waals surface area contributed by atoms with Crippen LogP contribution < -0.4 is 4.74 Å². The predicted octanol–water partition coefficient (Wildman–Crippen LogP) is 3.10. The monoisotopic (exact) mass is 230 g/mol. The number of benzene rings is 1. The molecular weight excluding hydrogens is 212 g/mol. The molecule has 17 heavy (non-hydrogen) atoms. The van der Waals surface area contributed by atoms with Gasteiger partial charge in [0.15, 0.2) is 0 Å². The van der Waals surface area contributed by atoms with Crippen LogP contribution in [0.5, 0.6) is 5.75 Å². The van der Waals surface area contributed by atoms with Gasteiger partial charge in [0.05, 0.1) is 11.9 Å². The molecule has 3 nitrogen and oxygen atoms in total. The summed E-state index contributed by atoms with van der Waals surface area (Å²) in [7, 11) is 0. The van der Waals surface area contributed by atoms with Gasteiger partial charge in [-0.05, 0) is 38.5 Å². The summed E-state index contributed by atoms with van der Waals surface area (Å²) < 4.78 is 7.93. The van der Waals surface area contributed by atoms with Gasteiger partial charge >= 0.3 is 0 Å². The SMILES string of the molecule is CCn1c(COc2cccc(C)c2)cnc1C. The molecule has 0 radical (unpaired) electrons. The fraction of sp³-hybridized carbons (Fsp3) is 0.357. The Kier molecular flexibility index (Phi) is 3.47. The molecule has 0 aliphatic carbocycles. The van der Waals surface area contributed by atoms with Crippen LogP contribution in [-0.2, 0) is 13.2 Å². The second-order valence-electron chi connectivity index (χ2n) is 4.15. The smallest absolute Gasteiger partial charge is 0.130 e. The van der Waals surface area contributed by atoms with Crippen LogP contribution in [0, 0.1) is 13.8 Å². The molecule has 0 N–H and O–H groups in total. The number of imidazole rings is 1. The molecule has 2 aromatic rings. The number of ether oxygens (including phenoxy) is 1. The van der Waals surface area contributed by atoms with Gasteiger partial charge in [-0.3, -0.25) is 0 Å². The van der Waals surface area contributed by atoms with Gasteiger partial charge in [0.1, 0.15) is 18.2 Å². The van der Waals surface area contributed by atoms with Crippen molar-refractivity contribution >= 4 is 0 Å². The summed E-state index contributed by atoms with van der Waals surface area (Å²) in [6, 6.07) is 8.09. The highest BCUT2D eigenvalue weighted by molar-refractivity contribution is 5.27. The Morgan fingerprint density at radius 1 is 1.29 bits per heavy atom. The van der Waals surface area contributed by atoms with E-state index in [9.17, 15) is 0 Å². The average molecular weight is 230 g/mol. The molecule has 0 bridgehead atoms. The van der Waals surface area contributed by atoms with E-state index in [-0.39, 0.29) is 0 Å². The third-order valence-corrected chi connectivity index (χ3v) is 2.83. The maximum Gasteiger partial charge on any atom is 0.130 e. The summed E-state index contributed by atoms with van der Waals surface area (Å²) in [5.74, 6) is 1.95. The first-order valence-electron chi connectivity index (χ1n) is 5.91. The van der Waals surface area contributed by atoms with Crippen LogP contribution >= 0.6 is 0 Å². The molecule has 0 spiro atoms. The van der Waals surface area contributed by atoms with E-state index < -0.39 is 0 Å². The van der Waals surface area contributed by atoms with Crippen LogP contribution in [0.15, 0.2) is 30.5 Å². The van der Waals surface area contributed by atoms with E-state index in [2.05, 4.69) is 29.5 Å². The maximum atomic E-state index is 5.77. The molecule has 90 valence electrons. The maximum absolute atomic E-state index is 5.77. The number of hydrogen-bond acceptors (Lipinski definition) is 2. The number of aromatic nitrogens is 2. The first-order chi connectivity index (χ1) is 8.20. The van der Waals surface area contributed by atoms with Gasteiger partial charge in [0.2, 0.25) is 0 Å². The van der Waals surface area contributed by atoms with Gasteiger partial charge in [0, 0.05) is 6.54 Å². The quantitative estimate of drug-likeness (QED) is 0.807. The highest BCUT2D eigenvalue weighted by Gasteiger charge is 2.05. The Bertz CT molecular complexity index is 503. The van der Waals surface area contributed by atoms with Gasteiger partial charge < -0.3 is 9.30 Å². The molecule has 0 saturated heterocycles. The number of rotatable bonds is 4. The van der Waals surface area contributed by atoms with Crippen LogP contribution in [0.3, 0.4) is 0 Å². The number of nitrogens with zero attached hydrogens (tertiary/aromatic N) is 2. The lowest BCUT2D eigenvalue weighted by atomic mass is 10.2. The van der Waals surface area contributed by atoms with Crippen molar-refractivity contribution in [3.63, 3.8) is 0 Å². The minimum atomic E-state index is 0.568. The highest BCUT2D eigenvalue weighted by Crippen LogP contribution is 2.15. The number of aryl methyl sites for hydroxylation is 2. The zero-order valence-corrected chi connectivity index (χ0v) is 10.6. The van der Waals surface area contributed by atoms with Gasteiger partial charge in [0.25, 0.3) is 0 Å². The van der Waals surface area contributed by atoms with Crippen LogP contribution in [0.1, 0.15) is 24.0 Å². The zero-order chi connectivity index (χ0) is 12.3. The van der Waals surface area contributed by atoms with E-state index in [0.717, 1.165) is 23.8 Å². The minimum Gasteiger partial charge on any atom is -0.487 e. The molecule has 3 heteroatoms. The van der Waals surface area contributed by atoms with Crippen molar-refractivity contribution in [2.24, 2.45) is 0 Å². The van der Waals surface area contributed by atoms with Crippen molar-refractivity contribution in [1.82, 2.24) is 9.55 Å². The molecule has 1 aromatic carbocycles. The zero-order valence-electron chi connectivity index (χ0n) is 10.6. The highest BCUT2D eigenvalue weighted by atomic mass is 16.5. The Labute approximate surface area is 102 Å². The molecule has 0 fully saturated rings. The summed E-state index contributed by atoms with van der Waals surface area (Å²) in [6.07, 6.45) is 1.88. The fourth-order valence-electron chi connectivity index (χ4n) is 1.92. The van der Waals surface area contributed by atoms with E-state index >= 15 is 0 Å². The molecule has 0 aliphatic rings. The van der Waals surface area contributed by atoms with Crippen LogP contribution in [0.25, 0.3) is 0 Å². The summed E-state index contributed by atoms with van der Waals surface area (Å²) in [5.41, 5.74) is 2.33. The van der Waals surface area contributed by atoms with Crippen LogP contribution in [-0.4, -0.2) is 9.55 Å². The lowest BCUT2D eigenvalue weighted by Gasteiger charge is -2.09. The second-order valence-corrected chi connectivity index (χ2v) is 4.15. The van der Waals surface area contributed by atoms with Gasteiger partial charge in [-0.15, -0.1) is 0 Å². The Morgan fingerprint density at radius 2 is 2.12 bits per heavy atom. The van der Waals surface area contributed by atoms with Crippen molar-refractivity contribution in [3.8, 4) is 5.75 Å². The van der Waals surface area contributed by atoms with E-state index in [1.807, 2.05) is 31.3 Å². The summed E-state index contributed by atoms with van der Waals surface area (Å²) >= 11 is 0. The van der Waals surface area contributed by atoms with Crippen molar-refractivity contribution in [2.45, 2.75) is 33.9 Å². The third-order valence-electron chi connectivity index (χ3n) is 2.83. The molecular formula is C14H18N2O. The largest absolute Gasteiger partial charge is 0.487 e. The normalized spacial score (nSPS) is 10.5. The van der Waals surface area contributed by atoms with E-state index in [1.165, 1.54) is 5.56 Å². The van der Waals surface area contributed by atoms with Crippen LogP contribution in [0.2, 0.25) is 0 Å². The van der Waals surface area contributed by atoms with Crippen molar-refractivity contribution < 1.29 is 4.74 Å². The number of hydrogen-bond donors (Lipinski definition) is 0. The Morgan fingerprint density at radius 3 is 2.82 bits per heavy atom. The lowest BCUT2D eigenvalue weighted by molar-refractivity contribution is 0.295. The molecule has 0 atom stereocenters. The van der Waals surface area contributed by atoms with Gasteiger partial charge in [-0.1, -0.05) is 12.1 Å². The Hall–Kier alpha value is -1.77. The topological polar surface area (TPSA) is 27.1 Å². The van der Waals surface area contributed by atoms with Gasteiger partial charge in [-0.25, -0.2) is 4.98 Å². The molecule has 0 unspecified atom stereocenters. The lowest BCUT2D eigenvalue weighted by Crippen LogP contribution is -2.06. The van der Waals surface area contributed by atoms with E-state index in [0.29, 0.717) is 6.61 Å². The van der Waals surface area contributed by atoms with Gasteiger partial charge in [-0.2, -0.15) is 0 Å². The predicted molar refractivity (Wildman–Crippen MR) is 68.1 cm³/mol. The third kappa shape index (κ3) is 2.67. The Balaban J connectivity index is 2.07. The molecule has 0 saturated carbocycles. The van der Waals surface area contributed by atoms with Crippen molar-refractivity contribution in [1.29, 1.82) is 0 Å². The first-order valence-corrected chi connectivity index (χ1v) is 5.91. The summed E-state index contributed by atoms with van der Waals surface area (Å²) in [5, 5.41) is 0. The molecule has 1 aromatic heterocycles. The van der Waals surface area contributed by atoms with Crippen molar-refractivity contribution in [3.05, 3.63) is 47.5 Å². The molecule has 2 rings (SSSR count). The van der Waals surface area contributed by atoms with Crippen molar-refractivity contribution in [2.75, 3.05) is 0 Å².